The van der Waals surface area contributed by atoms with Gasteiger partial charge >= 0.3 is 5.97 Å². The van der Waals surface area contributed by atoms with Crippen LogP contribution in [0.4, 0.5) is 5.69 Å². The van der Waals surface area contributed by atoms with Crippen molar-refractivity contribution in [2.45, 2.75) is 57.6 Å². The largest absolute Gasteiger partial charge is 0.476 e. The maximum atomic E-state index is 13.4. The van der Waals surface area contributed by atoms with E-state index >= 15 is 0 Å². The van der Waals surface area contributed by atoms with Crippen molar-refractivity contribution in [3.8, 4) is 5.75 Å². The third-order valence-electron chi connectivity index (χ3n) is 7.25. The zero-order valence-corrected chi connectivity index (χ0v) is 24.8. The van der Waals surface area contributed by atoms with E-state index in [2.05, 4.69) is 10.6 Å². The van der Waals surface area contributed by atoms with Crippen molar-refractivity contribution >= 4 is 60.5 Å². The molecule has 0 spiro atoms. The van der Waals surface area contributed by atoms with Crippen LogP contribution in [0.2, 0.25) is 10.0 Å². The summed E-state index contributed by atoms with van der Waals surface area (Å²) in [6, 6.07) is 15.4. The van der Waals surface area contributed by atoms with E-state index in [1.807, 2.05) is 25.1 Å². The average Bonchev–Trinajstić information content (AvgIpc) is 2.91. The smallest absolute Gasteiger partial charge is 0.349 e. The van der Waals surface area contributed by atoms with Crippen LogP contribution in [0.3, 0.4) is 0 Å². The standard InChI is InChI=1S/C31H31BCl2N2O5/c1-5-40-30(39)31(3,4)41-26-11-7-18(32)12-23(26)24-15-27(38)36-29(22-13-19(33)8-6-17(22)2)28(24)21-10-9-20(34)14-25(21)35-16-37/h6-14,16,24,28-29H,5,15H2,1-4H3,(H,35,37)(H,36,38)/t24-,28?,29+/m1/s1. The Morgan fingerprint density at radius 2 is 1.78 bits per heavy atom. The molecule has 4 rings (SSSR count). The van der Waals surface area contributed by atoms with Gasteiger partial charge in [-0.05, 0) is 80.3 Å². The molecule has 212 valence electrons. The number of halogens is 2. The van der Waals surface area contributed by atoms with Gasteiger partial charge < -0.3 is 20.1 Å². The van der Waals surface area contributed by atoms with Crippen LogP contribution in [0.15, 0.2) is 54.6 Å². The fourth-order valence-corrected chi connectivity index (χ4v) is 5.73. The normalized spacial score (nSPS) is 18.8. The van der Waals surface area contributed by atoms with E-state index in [1.54, 1.807) is 57.2 Å². The van der Waals surface area contributed by atoms with Crippen molar-refractivity contribution in [1.29, 1.82) is 0 Å². The van der Waals surface area contributed by atoms with Gasteiger partial charge in [-0.25, -0.2) is 4.79 Å². The highest BCUT2D eigenvalue weighted by atomic mass is 35.5. The fraction of sp³-hybridized carbons (Fsp3) is 0.323. The van der Waals surface area contributed by atoms with E-state index < -0.39 is 29.4 Å². The summed E-state index contributed by atoms with van der Waals surface area (Å²) in [5.41, 5.74) is 2.78. The molecule has 1 heterocycles. The summed E-state index contributed by atoms with van der Waals surface area (Å²) in [5.74, 6) is -1.24. The lowest BCUT2D eigenvalue weighted by Crippen LogP contribution is -2.43. The number of esters is 1. The average molecular weight is 593 g/mol. The molecule has 2 N–H and O–H groups in total. The molecule has 1 aliphatic rings. The Labute approximate surface area is 251 Å². The van der Waals surface area contributed by atoms with Gasteiger partial charge in [0.05, 0.1) is 12.6 Å². The Kier molecular flexibility index (Phi) is 9.35. The monoisotopic (exact) mass is 592 g/mol. The topological polar surface area (TPSA) is 93.7 Å². The maximum Gasteiger partial charge on any atom is 0.349 e. The summed E-state index contributed by atoms with van der Waals surface area (Å²) >= 11 is 12.7. The van der Waals surface area contributed by atoms with E-state index in [4.69, 9.17) is 40.5 Å². The second kappa shape index (κ2) is 12.6. The Bertz CT molecular complexity index is 1480. The number of rotatable bonds is 9. The molecule has 0 aromatic heterocycles. The zero-order chi connectivity index (χ0) is 29.9. The summed E-state index contributed by atoms with van der Waals surface area (Å²) in [5, 5.41) is 6.88. The molecule has 3 aromatic rings. The zero-order valence-electron chi connectivity index (χ0n) is 23.3. The lowest BCUT2D eigenvalue weighted by atomic mass is 9.69. The number of piperidine rings is 1. The summed E-state index contributed by atoms with van der Waals surface area (Å²) < 4.78 is 11.5. The van der Waals surface area contributed by atoms with E-state index in [0.29, 0.717) is 38.9 Å². The second-order valence-corrected chi connectivity index (χ2v) is 11.4. The summed E-state index contributed by atoms with van der Waals surface area (Å²) in [6.45, 7) is 7.12. The van der Waals surface area contributed by atoms with Gasteiger partial charge in [-0.2, -0.15) is 0 Å². The molecule has 0 bridgehead atoms. The van der Waals surface area contributed by atoms with Gasteiger partial charge in [-0.15, -0.1) is 0 Å². The molecule has 7 nitrogen and oxygen atoms in total. The molecule has 1 unspecified atom stereocenters. The first-order valence-corrected chi connectivity index (χ1v) is 14.0. The van der Waals surface area contributed by atoms with Gasteiger partial charge in [-0.1, -0.05) is 52.9 Å². The summed E-state index contributed by atoms with van der Waals surface area (Å²) in [6.07, 6.45) is 0.672. The van der Waals surface area contributed by atoms with E-state index in [-0.39, 0.29) is 18.9 Å². The summed E-state index contributed by atoms with van der Waals surface area (Å²) in [4.78, 5) is 37.7. The molecule has 3 atom stereocenters. The number of carbonyl (C=O) groups is 3. The second-order valence-electron chi connectivity index (χ2n) is 10.5. The van der Waals surface area contributed by atoms with Gasteiger partial charge in [0.1, 0.15) is 13.6 Å². The molecule has 2 amide bonds. The summed E-state index contributed by atoms with van der Waals surface area (Å²) in [7, 11) is 6.27. The number of hydrogen-bond acceptors (Lipinski definition) is 5. The Morgan fingerprint density at radius 1 is 1.07 bits per heavy atom. The van der Waals surface area contributed by atoms with Crippen molar-refractivity contribution in [2.24, 2.45) is 0 Å². The van der Waals surface area contributed by atoms with Crippen LogP contribution in [0.25, 0.3) is 0 Å². The van der Waals surface area contributed by atoms with Gasteiger partial charge in [0.25, 0.3) is 0 Å². The van der Waals surface area contributed by atoms with Crippen LogP contribution < -0.4 is 20.8 Å². The van der Waals surface area contributed by atoms with Gasteiger partial charge in [-0.3, -0.25) is 9.59 Å². The van der Waals surface area contributed by atoms with Crippen LogP contribution in [-0.4, -0.2) is 38.3 Å². The van der Waals surface area contributed by atoms with Crippen LogP contribution >= 0.6 is 23.2 Å². The number of benzene rings is 3. The van der Waals surface area contributed by atoms with Crippen molar-refractivity contribution in [2.75, 3.05) is 11.9 Å². The van der Waals surface area contributed by atoms with Crippen molar-refractivity contribution in [3.63, 3.8) is 0 Å². The molecule has 1 fully saturated rings. The first-order valence-electron chi connectivity index (χ1n) is 13.3. The van der Waals surface area contributed by atoms with E-state index in [0.717, 1.165) is 16.7 Å². The number of carbonyl (C=O) groups excluding carboxylic acids is 3. The number of ether oxygens (including phenoxy) is 2. The molecule has 41 heavy (non-hydrogen) atoms. The molecular formula is C31H31BCl2N2O5. The number of amides is 2. The third kappa shape index (κ3) is 6.71. The van der Waals surface area contributed by atoms with Crippen LogP contribution in [0.5, 0.6) is 5.75 Å². The molecule has 0 saturated carbocycles. The first kappa shape index (κ1) is 30.5. The number of anilines is 1. The SMILES string of the molecule is [B]c1ccc(OC(C)(C)C(=O)OCC)c([C@H]2CC(=O)N[C@@H](c3cc(Cl)ccc3C)C2c2ccc(Cl)cc2NC=O)c1. The highest BCUT2D eigenvalue weighted by Gasteiger charge is 2.43. The predicted molar refractivity (Wildman–Crippen MR) is 161 cm³/mol. The first-order chi connectivity index (χ1) is 19.4. The van der Waals surface area contributed by atoms with Crippen LogP contribution in [-0.2, 0) is 19.1 Å². The minimum Gasteiger partial charge on any atom is -0.476 e. The lowest BCUT2D eigenvalue weighted by Gasteiger charge is -2.41. The molecular weight excluding hydrogens is 562 g/mol. The highest BCUT2D eigenvalue weighted by molar-refractivity contribution is 6.32. The van der Waals surface area contributed by atoms with Crippen molar-refractivity contribution in [1.82, 2.24) is 5.32 Å². The Morgan fingerprint density at radius 3 is 2.49 bits per heavy atom. The van der Waals surface area contributed by atoms with Crippen LogP contribution in [0.1, 0.15) is 67.3 Å². The van der Waals surface area contributed by atoms with Crippen molar-refractivity contribution < 1.29 is 23.9 Å². The minimum absolute atomic E-state index is 0.0869. The van der Waals surface area contributed by atoms with E-state index in [9.17, 15) is 14.4 Å². The van der Waals surface area contributed by atoms with Gasteiger partial charge in [0.2, 0.25) is 12.3 Å². The third-order valence-corrected chi connectivity index (χ3v) is 7.72. The number of nitrogens with one attached hydrogen (secondary N) is 2. The molecule has 2 radical (unpaired) electrons. The molecule has 1 saturated heterocycles. The molecule has 1 aliphatic heterocycles. The highest BCUT2D eigenvalue weighted by Crippen LogP contribution is 2.51. The molecule has 10 heteroatoms. The number of aryl methyl sites for hydroxylation is 1. The maximum absolute atomic E-state index is 13.4. The number of hydrogen-bond donors (Lipinski definition) is 2. The Balaban J connectivity index is 1.95. The minimum atomic E-state index is -1.32. The lowest BCUT2D eigenvalue weighted by molar-refractivity contribution is -0.158. The Hall–Kier alpha value is -3.49. The predicted octanol–water partition coefficient (Wildman–Crippen LogP) is 5.51. The van der Waals surface area contributed by atoms with E-state index in [1.165, 1.54) is 0 Å². The fourth-order valence-electron chi connectivity index (χ4n) is 5.38. The molecule has 3 aromatic carbocycles. The van der Waals surface area contributed by atoms with Gasteiger partial charge in [0.15, 0.2) is 5.60 Å². The molecule has 0 aliphatic carbocycles. The quantitative estimate of drug-likeness (QED) is 0.194. The van der Waals surface area contributed by atoms with Crippen molar-refractivity contribution in [3.05, 3.63) is 86.9 Å². The van der Waals surface area contributed by atoms with Crippen LogP contribution in [0, 0.1) is 6.92 Å². The van der Waals surface area contributed by atoms with Gasteiger partial charge in [0, 0.05) is 34.0 Å².